The number of ether oxygens (including phenoxy) is 1. The predicted molar refractivity (Wildman–Crippen MR) is 164 cm³/mol. The van der Waals surface area contributed by atoms with Crippen LogP contribution in [-0.4, -0.2) is 59.4 Å². The fourth-order valence-corrected chi connectivity index (χ4v) is 8.39. The van der Waals surface area contributed by atoms with Crippen molar-refractivity contribution in [2.45, 2.75) is 56.7 Å². The number of halogens is 4. The second kappa shape index (κ2) is 11.0. The molecule has 3 aliphatic rings. The number of alkyl halides is 1. The van der Waals surface area contributed by atoms with Crippen LogP contribution in [0.25, 0.3) is 32.1 Å². The Kier molecular flexibility index (Phi) is 7.27. The highest BCUT2D eigenvalue weighted by molar-refractivity contribution is 7.23. The van der Waals surface area contributed by atoms with Gasteiger partial charge in [-0.1, -0.05) is 30.5 Å². The van der Waals surface area contributed by atoms with Crippen LogP contribution in [0.1, 0.15) is 50.5 Å². The molecule has 12 heteroatoms. The second-order valence-corrected chi connectivity index (χ2v) is 13.3. The Hall–Kier alpha value is -3.33. The van der Waals surface area contributed by atoms with Gasteiger partial charge in [-0.25, -0.2) is 13.2 Å². The monoisotopic (exact) mass is 626 g/mol. The van der Waals surface area contributed by atoms with Crippen LogP contribution in [0.3, 0.4) is 0 Å². The lowest BCUT2D eigenvalue weighted by Crippen LogP contribution is -2.43. The first kappa shape index (κ1) is 28.4. The van der Waals surface area contributed by atoms with Gasteiger partial charge in [-0.05, 0) is 49.9 Å². The molecule has 5 heterocycles. The molecule has 0 spiro atoms. The Labute approximate surface area is 256 Å². The number of thiophene rings is 1. The van der Waals surface area contributed by atoms with Gasteiger partial charge >= 0.3 is 6.01 Å². The average molecular weight is 627 g/mol. The lowest BCUT2D eigenvalue weighted by atomic mass is 9.95. The van der Waals surface area contributed by atoms with Gasteiger partial charge < -0.3 is 15.4 Å². The summed E-state index contributed by atoms with van der Waals surface area (Å²) in [6, 6.07) is 6.32. The third-order valence-electron chi connectivity index (χ3n) is 9.18. The van der Waals surface area contributed by atoms with Crippen molar-refractivity contribution < 1.29 is 17.9 Å². The molecule has 7 nitrogen and oxygen atoms in total. The molecule has 2 aromatic heterocycles. The molecule has 2 aromatic carbocycles. The number of nitrogen functional groups attached to an aromatic ring is 1. The van der Waals surface area contributed by atoms with E-state index in [2.05, 4.69) is 14.8 Å². The van der Waals surface area contributed by atoms with E-state index >= 15 is 4.39 Å². The van der Waals surface area contributed by atoms with E-state index in [-0.39, 0.29) is 54.9 Å². The molecule has 3 fully saturated rings. The van der Waals surface area contributed by atoms with E-state index in [1.165, 1.54) is 12.1 Å². The van der Waals surface area contributed by atoms with Crippen molar-refractivity contribution in [2.24, 2.45) is 0 Å². The Morgan fingerprint density at radius 2 is 1.93 bits per heavy atom. The van der Waals surface area contributed by atoms with Crippen molar-refractivity contribution in [1.29, 1.82) is 5.26 Å². The standard InChI is InChI=1S/C31H30ClF3N6OS/c32-21-12-19-26(25(35)24(21)18-6-7-22(34)27-23(18)20(14-36)28(37)43-27)38-30(39-29(19)40-9-3-1-2-4-10-40)42-16-31-8-5-11-41(31)15-17(33)13-31/h6-7,12,17H,1-5,8-11,13,15-16,37H2/t17-,31+/m1/s1. The Balaban J connectivity index is 1.39. The normalized spacial score (nSPS) is 22.7. The summed E-state index contributed by atoms with van der Waals surface area (Å²) in [7, 11) is 0. The summed E-state index contributed by atoms with van der Waals surface area (Å²) in [5, 5.41) is 10.7. The lowest BCUT2D eigenvalue weighted by Gasteiger charge is -2.31. The maximum absolute atomic E-state index is 16.8. The van der Waals surface area contributed by atoms with Gasteiger partial charge in [-0.15, -0.1) is 11.3 Å². The topological polar surface area (TPSA) is 91.3 Å². The van der Waals surface area contributed by atoms with E-state index < -0.39 is 23.3 Å². The molecule has 224 valence electrons. The van der Waals surface area contributed by atoms with E-state index in [0.717, 1.165) is 69.5 Å². The summed E-state index contributed by atoms with van der Waals surface area (Å²) in [6.45, 7) is 2.90. The molecule has 7 rings (SSSR count). The zero-order valence-electron chi connectivity index (χ0n) is 23.4. The van der Waals surface area contributed by atoms with Crippen molar-refractivity contribution in [3.63, 3.8) is 0 Å². The van der Waals surface area contributed by atoms with E-state index in [0.29, 0.717) is 24.2 Å². The first-order valence-corrected chi connectivity index (χ1v) is 15.9. The van der Waals surface area contributed by atoms with E-state index in [9.17, 15) is 14.0 Å². The Morgan fingerprint density at radius 3 is 2.70 bits per heavy atom. The second-order valence-electron chi connectivity index (χ2n) is 11.8. The minimum Gasteiger partial charge on any atom is -0.461 e. The zero-order chi connectivity index (χ0) is 29.9. The van der Waals surface area contributed by atoms with Crippen LogP contribution < -0.4 is 15.4 Å². The number of fused-ring (bicyclic) bond motifs is 3. The molecule has 4 aromatic rings. The average Bonchev–Trinajstić information content (AvgIpc) is 3.53. The van der Waals surface area contributed by atoms with E-state index in [4.69, 9.17) is 27.1 Å². The minimum atomic E-state index is -0.909. The summed E-state index contributed by atoms with van der Waals surface area (Å²) < 4.78 is 52.3. The first-order chi connectivity index (χ1) is 20.8. The van der Waals surface area contributed by atoms with Crippen LogP contribution >= 0.6 is 22.9 Å². The lowest BCUT2D eigenvalue weighted by molar-refractivity contribution is 0.107. The van der Waals surface area contributed by atoms with Gasteiger partial charge in [0.1, 0.15) is 41.0 Å². The SMILES string of the molecule is N#Cc1c(N)sc2c(F)ccc(-c3c(Cl)cc4c(N5CCCCCC5)nc(OC[C@@]56CCCN5C[C@H](F)C6)nc4c3F)c12. The molecule has 2 N–H and O–H groups in total. The number of rotatable bonds is 5. The van der Waals surface area contributed by atoms with Crippen LogP contribution in [0.2, 0.25) is 5.02 Å². The summed E-state index contributed by atoms with van der Waals surface area (Å²) in [4.78, 5) is 13.6. The highest BCUT2D eigenvalue weighted by Crippen LogP contribution is 2.46. The Bertz CT molecular complexity index is 1790. The van der Waals surface area contributed by atoms with Gasteiger partial charge in [0.25, 0.3) is 0 Å². The third-order valence-corrected chi connectivity index (χ3v) is 10.5. The zero-order valence-corrected chi connectivity index (χ0v) is 25.0. The fourth-order valence-electron chi connectivity index (χ4n) is 7.15. The van der Waals surface area contributed by atoms with Crippen molar-refractivity contribution >= 4 is 54.7 Å². The summed E-state index contributed by atoms with van der Waals surface area (Å²) in [5.74, 6) is -0.747. The van der Waals surface area contributed by atoms with Crippen molar-refractivity contribution in [1.82, 2.24) is 14.9 Å². The Morgan fingerprint density at radius 1 is 1.14 bits per heavy atom. The summed E-state index contributed by atoms with van der Waals surface area (Å²) >= 11 is 7.74. The fraction of sp³-hybridized carbons (Fsp3) is 0.452. The molecule has 3 aliphatic heterocycles. The van der Waals surface area contributed by atoms with Gasteiger partial charge in [-0.2, -0.15) is 15.2 Å². The van der Waals surface area contributed by atoms with Crippen molar-refractivity contribution in [3.8, 4) is 23.2 Å². The maximum Gasteiger partial charge on any atom is 0.319 e. The molecule has 3 saturated heterocycles. The smallest absolute Gasteiger partial charge is 0.319 e. The number of benzene rings is 2. The molecule has 0 aliphatic carbocycles. The van der Waals surface area contributed by atoms with Gasteiger partial charge in [0.15, 0.2) is 5.82 Å². The quantitative estimate of drug-likeness (QED) is 0.250. The first-order valence-electron chi connectivity index (χ1n) is 14.7. The molecular formula is C31H30ClF3N6OS. The van der Waals surface area contributed by atoms with Gasteiger partial charge in [0.05, 0.1) is 20.8 Å². The number of nitriles is 1. The molecule has 0 amide bonds. The molecule has 0 unspecified atom stereocenters. The van der Waals surface area contributed by atoms with Crippen molar-refractivity contribution in [3.05, 3.63) is 40.4 Å². The van der Waals surface area contributed by atoms with Crippen LogP contribution in [0.15, 0.2) is 18.2 Å². The van der Waals surface area contributed by atoms with Gasteiger partial charge in [0.2, 0.25) is 0 Å². The number of hydrogen-bond acceptors (Lipinski definition) is 8. The predicted octanol–water partition coefficient (Wildman–Crippen LogP) is 7.23. The van der Waals surface area contributed by atoms with E-state index in [1.54, 1.807) is 6.07 Å². The molecule has 0 saturated carbocycles. The number of hydrogen-bond donors (Lipinski definition) is 1. The maximum atomic E-state index is 16.8. The minimum absolute atomic E-state index is 0.00319. The number of anilines is 2. The summed E-state index contributed by atoms with van der Waals surface area (Å²) in [5.41, 5.74) is 5.96. The van der Waals surface area contributed by atoms with Crippen LogP contribution in [-0.2, 0) is 0 Å². The highest BCUT2D eigenvalue weighted by Gasteiger charge is 2.49. The van der Waals surface area contributed by atoms with E-state index in [1.807, 2.05) is 6.07 Å². The van der Waals surface area contributed by atoms with Gasteiger partial charge in [0, 0.05) is 42.4 Å². The van der Waals surface area contributed by atoms with Crippen LogP contribution in [0.4, 0.5) is 24.0 Å². The highest BCUT2D eigenvalue weighted by atomic mass is 35.5. The molecule has 0 radical (unpaired) electrons. The van der Waals surface area contributed by atoms with Crippen LogP contribution in [0, 0.1) is 23.0 Å². The largest absolute Gasteiger partial charge is 0.461 e. The third kappa shape index (κ3) is 4.75. The number of nitrogens with two attached hydrogens (primary N) is 1. The summed E-state index contributed by atoms with van der Waals surface area (Å²) in [6.07, 6.45) is 5.39. The van der Waals surface area contributed by atoms with Gasteiger partial charge in [-0.3, -0.25) is 4.90 Å². The number of nitrogens with zero attached hydrogens (tertiary/aromatic N) is 5. The molecule has 43 heavy (non-hydrogen) atoms. The molecule has 0 bridgehead atoms. The van der Waals surface area contributed by atoms with Crippen LogP contribution in [0.5, 0.6) is 6.01 Å². The molecule has 2 atom stereocenters. The van der Waals surface area contributed by atoms with Crippen molar-refractivity contribution in [2.75, 3.05) is 43.4 Å². The number of aromatic nitrogens is 2. The molecular weight excluding hydrogens is 597 g/mol.